The van der Waals surface area contributed by atoms with Crippen molar-refractivity contribution in [1.82, 2.24) is 9.80 Å². The fourth-order valence-corrected chi connectivity index (χ4v) is 2.94. The number of hydrogen-bond donors (Lipinski definition) is 1. The van der Waals surface area contributed by atoms with Crippen molar-refractivity contribution in [2.45, 2.75) is 6.54 Å². The number of nitrogens with zero attached hydrogens (tertiary/aromatic N) is 2. The molecule has 1 aliphatic rings. The summed E-state index contributed by atoms with van der Waals surface area (Å²) in [5.74, 6) is -0.647. The molecule has 0 spiro atoms. The highest BCUT2D eigenvalue weighted by Gasteiger charge is 2.19. The highest BCUT2D eigenvalue weighted by Crippen LogP contribution is 2.11. The van der Waals surface area contributed by atoms with Crippen LogP contribution in [0.25, 0.3) is 0 Å². The van der Waals surface area contributed by atoms with Gasteiger partial charge in [-0.25, -0.2) is 8.78 Å². The summed E-state index contributed by atoms with van der Waals surface area (Å²) in [5.41, 5.74) is 1.55. The molecule has 3 rings (SSSR count). The molecule has 25 heavy (non-hydrogen) atoms. The molecule has 1 amide bonds. The number of halogens is 2. The maximum Gasteiger partial charge on any atom is 0.238 e. The van der Waals surface area contributed by atoms with Gasteiger partial charge in [0.2, 0.25) is 5.91 Å². The third-order valence-corrected chi connectivity index (χ3v) is 4.26. The largest absolute Gasteiger partial charge is 0.325 e. The highest BCUT2D eigenvalue weighted by molar-refractivity contribution is 5.92. The average Bonchev–Trinajstić information content (AvgIpc) is 2.59. The predicted octanol–water partition coefficient (Wildman–Crippen LogP) is 2.72. The summed E-state index contributed by atoms with van der Waals surface area (Å²) in [7, 11) is 0. The Kier molecular flexibility index (Phi) is 5.73. The minimum atomic E-state index is -0.326. The van der Waals surface area contributed by atoms with Crippen LogP contribution < -0.4 is 5.32 Å². The van der Waals surface area contributed by atoms with E-state index in [9.17, 15) is 13.6 Å². The number of anilines is 1. The van der Waals surface area contributed by atoms with Gasteiger partial charge in [-0.15, -0.1) is 0 Å². The van der Waals surface area contributed by atoms with E-state index in [1.54, 1.807) is 24.3 Å². The average molecular weight is 345 g/mol. The second kappa shape index (κ2) is 8.18. The van der Waals surface area contributed by atoms with E-state index >= 15 is 0 Å². The number of rotatable bonds is 5. The molecule has 0 saturated carbocycles. The summed E-state index contributed by atoms with van der Waals surface area (Å²) in [6.07, 6.45) is 0. The molecule has 1 fully saturated rings. The zero-order valence-corrected chi connectivity index (χ0v) is 13.9. The van der Waals surface area contributed by atoms with Gasteiger partial charge in [-0.3, -0.25) is 14.6 Å². The first-order valence-electron chi connectivity index (χ1n) is 8.33. The maximum atomic E-state index is 13.2. The Balaban J connectivity index is 1.42. The third kappa shape index (κ3) is 5.34. The molecular formula is C19H21F2N3O. The molecule has 2 aromatic carbocycles. The van der Waals surface area contributed by atoms with E-state index in [4.69, 9.17) is 0 Å². The molecule has 0 radical (unpaired) electrons. The number of piperazine rings is 1. The van der Waals surface area contributed by atoms with E-state index in [1.807, 2.05) is 6.07 Å². The van der Waals surface area contributed by atoms with Crippen LogP contribution >= 0.6 is 0 Å². The van der Waals surface area contributed by atoms with Crippen molar-refractivity contribution < 1.29 is 13.6 Å². The van der Waals surface area contributed by atoms with E-state index in [-0.39, 0.29) is 17.5 Å². The van der Waals surface area contributed by atoms with Gasteiger partial charge in [-0.05, 0) is 42.0 Å². The molecular weight excluding hydrogens is 324 g/mol. The van der Waals surface area contributed by atoms with Crippen molar-refractivity contribution in [2.75, 3.05) is 38.0 Å². The van der Waals surface area contributed by atoms with E-state index in [1.165, 1.54) is 18.2 Å². The molecule has 0 aliphatic carbocycles. The minimum Gasteiger partial charge on any atom is -0.325 e. The second-order valence-corrected chi connectivity index (χ2v) is 6.24. The molecule has 1 N–H and O–H groups in total. The second-order valence-electron chi connectivity index (χ2n) is 6.24. The number of hydrogen-bond acceptors (Lipinski definition) is 3. The predicted molar refractivity (Wildman–Crippen MR) is 93.1 cm³/mol. The van der Waals surface area contributed by atoms with Gasteiger partial charge in [-0.2, -0.15) is 0 Å². The van der Waals surface area contributed by atoms with Crippen molar-refractivity contribution in [3.63, 3.8) is 0 Å². The molecule has 4 nitrogen and oxygen atoms in total. The fourth-order valence-electron chi connectivity index (χ4n) is 2.94. The van der Waals surface area contributed by atoms with Crippen molar-refractivity contribution in [3.05, 3.63) is 65.7 Å². The normalized spacial score (nSPS) is 15.9. The Morgan fingerprint density at radius 3 is 2.28 bits per heavy atom. The Labute approximate surface area is 146 Å². The van der Waals surface area contributed by atoms with Crippen LogP contribution in [0.3, 0.4) is 0 Å². The first kappa shape index (κ1) is 17.5. The topological polar surface area (TPSA) is 35.6 Å². The SMILES string of the molecule is O=C(CN1CCN(Cc2cccc(F)c2)CC1)Nc1ccc(F)cc1. The lowest BCUT2D eigenvalue weighted by molar-refractivity contribution is -0.117. The summed E-state index contributed by atoms with van der Waals surface area (Å²) in [6.45, 7) is 4.26. The molecule has 0 atom stereocenters. The standard InChI is InChI=1S/C19H21F2N3O/c20-16-4-6-18(7-5-16)22-19(25)14-24-10-8-23(9-11-24)13-15-2-1-3-17(21)12-15/h1-7,12H,8-11,13-14H2,(H,22,25). The number of amides is 1. The molecule has 0 unspecified atom stereocenters. The number of nitrogens with one attached hydrogen (secondary N) is 1. The molecule has 0 aromatic heterocycles. The van der Waals surface area contributed by atoms with Crippen LogP contribution in [0.4, 0.5) is 14.5 Å². The highest BCUT2D eigenvalue weighted by atomic mass is 19.1. The molecule has 0 bridgehead atoms. The molecule has 132 valence electrons. The van der Waals surface area contributed by atoms with Gasteiger partial charge in [-0.1, -0.05) is 12.1 Å². The van der Waals surface area contributed by atoms with Crippen LogP contribution in [-0.4, -0.2) is 48.4 Å². The summed E-state index contributed by atoms with van der Waals surface area (Å²) in [4.78, 5) is 16.4. The fraction of sp³-hybridized carbons (Fsp3) is 0.316. The first-order valence-corrected chi connectivity index (χ1v) is 8.33. The molecule has 1 saturated heterocycles. The maximum absolute atomic E-state index is 13.2. The Morgan fingerprint density at radius 1 is 0.920 bits per heavy atom. The van der Waals surface area contributed by atoms with Crippen LogP contribution in [0.1, 0.15) is 5.56 Å². The van der Waals surface area contributed by atoms with Crippen LogP contribution in [0, 0.1) is 11.6 Å². The van der Waals surface area contributed by atoms with Crippen molar-refractivity contribution in [3.8, 4) is 0 Å². The van der Waals surface area contributed by atoms with Gasteiger partial charge in [0.05, 0.1) is 6.54 Å². The summed E-state index contributed by atoms with van der Waals surface area (Å²) in [5, 5.41) is 2.77. The molecule has 1 heterocycles. The minimum absolute atomic E-state index is 0.106. The zero-order valence-electron chi connectivity index (χ0n) is 13.9. The quantitative estimate of drug-likeness (QED) is 0.905. The van der Waals surface area contributed by atoms with Gasteiger partial charge in [0, 0.05) is 38.4 Å². The van der Waals surface area contributed by atoms with Crippen LogP contribution in [-0.2, 0) is 11.3 Å². The van der Waals surface area contributed by atoms with Crippen LogP contribution in [0.15, 0.2) is 48.5 Å². The zero-order chi connectivity index (χ0) is 17.6. The number of carbonyl (C=O) groups excluding carboxylic acids is 1. The van der Waals surface area contributed by atoms with E-state index in [0.29, 0.717) is 18.8 Å². The molecule has 2 aromatic rings. The smallest absolute Gasteiger partial charge is 0.238 e. The van der Waals surface area contributed by atoms with E-state index in [2.05, 4.69) is 15.1 Å². The monoisotopic (exact) mass is 345 g/mol. The lowest BCUT2D eigenvalue weighted by atomic mass is 10.2. The summed E-state index contributed by atoms with van der Waals surface area (Å²) in [6, 6.07) is 12.4. The number of benzene rings is 2. The number of carbonyl (C=O) groups is 1. The molecule has 6 heteroatoms. The van der Waals surface area contributed by atoms with E-state index in [0.717, 1.165) is 31.7 Å². The lowest BCUT2D eigenvalue weighted by Gasteiger charge is -2.34. The summed E-state index contributed by atoms with van der Waals surface area (Å²) < 4.78 is 26.1. The van der Waals surface area contributed by atoms with Gasteiger partial charge in [0.25, 0.3) is 0 Å². The lowest BCUT2D eigenvalue weighted by Crippen LogP contribution is -2.48. The summed E-state index contributed by atoms with van der Waals surface area (Å²) >= 11 is 0. The van der Waals surface area contributed by atoms with Gasteiger partial charge in [0.1, 0.15) is 11.6 Å². The van der Waals surface area contributed by atoms with Crippen LogP contribution in [0.2, 0.25) is 0 Å². The van der Waals surface area contributed by atoms with Crippen molar-refractivity contribution >= 4 is 11.6 Å². The first-order chi connectivity index (χ1) is 12.1. The van der Waals surface area contributed by atoms with E-state index < -0.39 is 0 Å². The third-order valence-electron chi connectivity index (χ3n) is 4.26. The van der Waals surface area contributed by atoms with Crippen molar-refractivity contribution in [1.29, 1.82) is 0 Å². The Hall–Kier alpha value is -2.31. The Morgan fingerprint density at radius 2 is 1.60 bits per heavy atom. The Bertz CT molecular complexity index is 713. The van der Waals surface area contributed by atoms with Crippen molar-refractivity contribution in [2.24, 2.45) is 0 Å². The van der Waals surface area contributed by atoms with Gasteiger partial charge < -0.3 is 5.32 Å². The van der Waals surface area contributed by atoms with Crippen LogP contribution in [0.5, 0.6) is 0 Å². The van der Waals surface area contributed by atoms with Gasteiger partial charge >= 0.3 is 0 Å². The van der Waals surface area contributed by atoms with Gasteiger partial charge in [0.15, 0.2) is 0 Å². The molecule has 1 aliphatic heterocycles.